The van der Waals surface area contributed by atoms with Gasteiger partial charge in [-0.25, -0.2) is 0 Å². The van der Waals surface area contributed by atoms with Gasteiger partial charge in [-0.15, -0.1) is 11.6 Å². The van der Waals surface area contributed by atoms with Crippen LogP contribution in [-0.4, -0.2) is 15.7 Å². The van der Waals surface area contributed by atoms with Gasteiger partial charge in [-0.05, 0) is 51.5 Å². The molecule has 0 spiro atoms. The summed E-state index contributed by atoms with van der Waals surface area (Å²) in [5.74, 6) is 0.0427. The van der Waals surface area contributed by atoms with E-state index in [0.29, 0.717) is 11.5 Å². The van der Waals surface area contributed by atoms with Crippen LogP contribution in [0, 0.1) is 19.3 Å². The van der Waals surface area contributed by atoms with E-state index in [4.69, 9.17) is 11.6 Å². The van der Waals surface area contributed by atoms with Gasteiger partial charge in [0.1, 0.15) is 0 Å². The lowest BCUT2D eigenvalue weighted by Crippen LogP contribution is -2.26. The Hall–Kier alpha value is -0.760. The molecule has 2 unspecified atom stereocenters. The number of halogens is 1. The Bertz CT molecular complexity index is 513. The van der Waals surface area contributed by atoms with Crippen molar-refractivity contribution in [3.63, 3.8) is 0 Å². The SMILES string of the molecule is Cc1cc(C(=O)C(C)Cl)c(C)n1C1CCCC(C)(C)C1. The first-order valence-corrected chi connectivity index (χ1v) is 8.03. The molecule has 1 aliphatic carbocycles. The second-order valence-electron chi connectivity index (χ2n) is 7.05. The summed E-state index contributed by atoms with van der Waals surface area (Å²) in [4.78, 5) is 12.2. The summed E-state index contributed by atoms with van der Waals surface area (Å²) in [5.41, 5.74) is 3.47. The molecule has 1 heterocycles. The van der Waals surface area contributed by atoms with Gasteiger partial charge in [-0.3, -0.25) is 4.79 Å². The molecule has 1 aromatic rings. The Labute approximate surface area is 127 Å². The molecule has 0 aromatic carbocycles. The predicted octanol–water partition coefficient (Wildman–Crippen LogP) is 5.06. The fourth-order valence-electron chi connectivity index (χ4n) is 3.68. The van der Waals surface area contributed by atoms with Gasteiger partial charge in [0.05, 0.1) is 5.38 Å². The van der Waals surface area contributed by atoms with Crippen LogP contribution in [0.1, 0.15) is 74.2 Å². The van der Waals surface area contributed by atoms with Crippen LogP contribution >= 0.6 is 11.6 Å². The number of ketones is 1. The van der Waals surface area contributed by atoms with Crippen molar-refractivity contribution in [2.75, 3.05) is 0 Å². The molecule has 1 aliphatic rings. The highest BCUT2D eigenvalue weighted by molar-refractivity contribution is 6.33. The molecular formula is C17H26ClNO. The molecule has 1 aromatic heterocycles. The van der Waals surface area contributed by atoms with Crippen molar-refractivity contribution in [3.05, 3.63) is 23.0 Å². The van der Waals surface area contributed by atoms with Crippen LogP contribution in [0.4, 0.5) is 0 Å². The molecule has 0 saturated heterocycles. The quantitative estimate of drug-likeness (QED) is 0.564. The van der Waals surface area contributed by atoms with Crippen LogP contribution < -0.4 is 0 Å². The Morgan fingerprint density at radius 1 is 1.45 bits per heavy atom. The molecule has 2 rings (SSSR count). The molecule has 0 radical (unpaired) electrons. The molecule has 20 heavy (non-hydrogen) atoms. The number of rotatable bonds is 3. The molecule has 1 fully saturated rings. The van der Waals surface area contributed by atoms with Gasteiger partial charge in [-0.1, -0.05) is 20.3 Å². The Kier molecular flexibility index (Phi) is 4.34. The van der Waals surface area contributed by atoms with Crippen molar-refractivity contribution >= 4 is 17.4 Å². The van der Waals surface area contributed by atoms with Crippen molar-refractivity contribution in [3.8, 4) is 0 Å². The fourth-order valence-corrected chi connectivity index (χ4v) is 3.80. The van der Waals surface area contributed by atoms with Gasteiger partial charge in [-0.2, -0.15) is 0 Å². The molecule has 0 amide bonds. The van der Waals surface area contributed by atoms with Crippen LogP contribution in [-0.2, 0) is 0 Å². The number of alkyl halides is 1. The maximum Gasteiger partial charge on any atom is 0.182 e. The normalized spacial score (nSPS) is 23.6. The Balaban J connectivity index is 2.36. The molecule has 3 heteroatoms. The number of carbonyl (C=O) groups excluding carboxylic acids is 1. The Morgan fingerprint density at radius 3 is 2.65 bits per heavy atom. The first-order valence-electron chi connectivity index (χ1n) is 7.59. The number of aromatic nitrogens is 1. The minimum atomic E-state index is -0.452. The first-order chi connectivity index (χ1) is 9.23. The standard InChI is InChI=1S/C17H26ClNO/c1-11-9-15(16(20)12(2)18)13(3)19(11)14-7-6-8-17(4,5)10-14/h9,12,14H,6-8,10H2,1-5H3. The lowest BCUT2D eigenvalue weighted by Gasteiger charge is -2.37. The lowest BCUT2D eigenvalue weighted by atomic mass is 9.75. The van der Waals surface area contributed by atoms with Crippen molar-refractivity contribution in [2.24, 2.45) is 5.41 Å². The third-order valence-corrected chi connectivity index (χ3v) is 4.85. The van der Waals surface area contributed by atoms with E-state index in [0.717, 1.165) is 11.3 Å². The second-order valence-corrected chi connectivity index (χ2v) is 7.70. The van der Waals surface area contributed by atoms with Gasteiger partial charge in [0.2, 0.25) is 0 Å². The summed E-state index contributed by atoms with van der Waals surface area (Å²) in [7, 11) is 0. The monoisotopic (exact) mass is 295 g/mol. The number of aryl methyl sites for hydroxylation is 1. The van der Waals surface area contributed by atoms with E-state index < -0.39 is 5.38 Å². The zero-order chi connectivity index (χ0) is 15.1. The number of hydrogen-bond donors (Lipinski definition) is 0. The average molecular weight is 296 g/mol. The van der Waals surface area contributed by atoms with E-state index >= 15 is 0 Å². The van der Waals surface area contributed by atoms with Crippen LogP contribution in [0.15, 0.2) is 6.07 Å². The van der Waals surface area contributed by atoms with Crippen molar-refractivity contribution in [2.45, 2.75) is 71.7 Å². The number of carbonyl (C=O) groups is 1. The highest BCUT2D eigenvalue weighted by atomic mass is 35.5. The van der Waals surface area contributed by atoms with Crippen LogP contribution in [0.25, 0.3) is 0 Å². The summed E-state index contributed by atoms with van der Waals surface area (Å²) < 4.78 is 2.37. The smallest absolute Gasteiger partial charge is 0.182 e. The van der Waals surface area contributed by atoms with E-state index in [1.54, 1.807) is 6.92 Å². The lowest BCUT2D eigenvalue weighted by molar-refractivity contribution is 0.0990. The molecule has 2 atom stereocenters. The zero-order valence-corrected chi connectivity index (χ0v) is 14.0. The topological polar surface area (TPSA) is 22.0 Å². The van der Waals surface area contributed by atoms with Gasteiger partial charge in [0.15, 0.2) is 5.78 Å². The molecule has 112 valence electrons. The van der Waals surface area contributed by atoms with E-state index in [1.165, 1.54) is 31.4 Å². The minimum absolute atomic E-state index is 0.0427. The van der Waals surface area contributed by atoms with Crippen LogP contribution in [0.5, 0.6) is 0 Å². The number of Topliss-reactive ketones (excluding diaryl/α,β-unsaturated/α-hetero) is 1. The highest BCUT2D eigenvalue weighted by Gasteiger charge is 2.31. The highest BCUT2D eigenvalue weighted by Crippen LogP contribution is 2.42. The maximum absolute atomic E-state index is 12.2. The predicted molar refractivity (Wildman–Crippen MR) is 84.8 cm³/mol. The van der Waals surface area contributed by atoms with Gasteiger partial charge in [0.25, 0.3) is 0 Å². The van der Waals surface area contributed by atoms with Gasteiger partial charge >= 0.3 is 0 Å². The zero-order valence-electron chi connectivity index (χ0n) is 13.3. The van der Waals surface area contributed by atoms with E-state index in [-0.39, 0.29) is 5.78 Å². The summed E-state index contributed by atoms with van der Waals surface area (Å²) in [6.07, 6.45) is 4.97. The van der Waals surface area contributed by atoms with Crippen molar-refractivity contribution in [1.82, 2.24) is 4.57 Å². The largest absolute Gasteiger partial charge is 0.345 e. The van der Waals surface area contributed by atoms with E-state index in [1.807, 2.05) is 6.07 Å². The molecular weight excluding hydrogens is 270 g/mol. The van der Waals surface area contributed by atoms with Crippen LogP contribution in [0.3, 0.4) is 0 Å². The molecule has 0 aliphatic heterocycles. The van der Waals surface area contributed by atoms with E-state index in [9.17, 15) is 4.79 Å². The molecule has 2 nitrogen and oxygen atoms in total. The number of hydrogen-bond acceptors (Lipinski definition) is 1. The van der Waals surface area contributed by atoms with Crippen LogP contribution in [0.2, 0.25) is 0 Å². The van der Waals surface area contributed by atoms with Crippen molar-refractivity contribution < 1.29 is 4.79 Å². The van der Waals surface area contributed by atoms with Gasteiger partial charge in [0, 0.05) is 23.0 Å². The summed E-state index contributed by atoms with van der Waals surface area (Å²) in [6.45, 7) is 10.6. The second kappa shape index (κ2) is 5.55. The third-order valence-electron chi connectivity index (χ3n) is 4.66. The van der Waals surface area contributed by atoms with Crippen molar-refractivity contribution in [1.29, 1.82) is 0 Å². The molecule has 0 bridgehead atoms. The Morgan fingerprint density at radius 2 is 2.10 bits per heavy atom. The molecule has 1 saturated carbocycles. The third kappa shape index (κ3) is 2.95. The summed E-state index contributed by atoms with van der Waals surface area (Å²) >= 11 is 5.97. The molecule has 0 N–H and O–H groups in total. The first kappa shape index (κ1) is 15.6. The fraction of sp³-hybridized carbons (Fsp3) is 0.706. The average Bonchev–Trinajstić information content (AvgIpc) is 2.62. The maximum atomic E-state index is 12.2. The number of nitrogens with zero attached hydrogens (tertiary/aromatic N) is 1. The van der Waals surface area contributed by atoms with E-state index in [2.05, 4.69) is 32.3 Å². The minimum Gasteiger partial charge on any atom is -0.345 e. The summed E-state index contributed by atoms with van der Waals surface area (Å²) in [5, 5.41) is -0.452. The summed E-state index contributed by atoms with van der Waals surface area (Å²) in [6, 6.07) is 2.53. The van der Waals surface area contributed by atoms with Gasteiger partial charge < -0.3 is 4.57 Å².